The Bertz CT molecular complexity index is 621. The van der Waals surface area contributed by atoms with E-state index in [0.29, 0.717) is 16.9 Å². The largest absolute Gasteiger partial charge is 0.268 e. The van der Waals surface area contributed by atoms with Gasteiger partial charge < -0.3 is 0 Å². The van der Waals surface area contributed by atoms with Crippen LogP contribution in [-0.2, 0) is 0 Å². The summed E-state index contributed by atoms with van der Waals surface area (Å²) in [6.45, 7) is 3.68. The van der Waals surface area contributed by atoms with Crippen LogP contribution in [0, 0.1) is 13.8 Å². The third-order valence-electron chi connectivity index (χ3n) is 3.10. The fraction of sp³-hybridized carbons (Fsp3) is 0.154. The number of amides is 2. The minimum absolute atomic E-state index is 0.276. The third kappa shape index (κ3) is 1.34. The normalized spacial score (nSPS) is 14.2. The molecule has 18 heavy (non-hydrogen) atoms. The maximum Gasteiger partial charge on any atom is 0.267 e. The number of thiazole rings is 1. The molecule has 2 heterocycles. The van der Waals surface area contributed by atoms with Gasteiger partial charge >= 0.3 is 0 Å². The molecule has 1 aliphatic heterocycles. The number of nitrogens with zero attached hydrogens (tertiary/aromatic N) is 2. The quantitative estimate of drug-likeness (QED) is 0.739. The van der Waals surface area contributed by atoms with Crippen molar-refractivity contribution < 1.29 is 9.59 Å². The number of fused-ring (bicyclic) bond motifs is 1. The number of hydrogen-bond acceptors (Lipinski definition) is 4. The summed E-state index contributed by atoms with van der Waals surface area (Å²) >= 11 is 1.36. The molecule has 4 nitrogen and oxygen atoms in total. The lowest BCUT2D eigenvalue weighted by Gasteiger charge is -2.09. The summed E-state index contributed by atoms with van der Waals surface area (Å²) in [6.07, 6.45) is 0. The predicted molar refractivity (Wildman–Crippen MR) is 69.2 cm³/mol. The molecule has 5 heteroatoms. The Kier molecular flexibility index (Phi) is 2.31. The highest BCUT2D eigenvalue weighted by molar-refractivity contribution is 7.08. The van der Waals surface area contributed by atoms with Crippen LogP contribution in [-0.4, -0.2) is 16.8 Å². The number of hydrogen-bond donors (Lipinski definition) is 0. The van der Waals surface area contributed by atoms with Crippen molar-refractivity contribution in [2.45, 2.75) is 13.8 Å². The second kappa shape index (κ2) is 3.74. The van der Waals surface area contributed by atoms with E-state index in [4.69, 9.17) is 0 Å². The van der Waals surface area contributed by atoms with E-state index in [0.717, 1.165) is 16.0 Å². The lowest BCUT2D eigenvalue weighted by atomic mass is 9.99. The number of aromatic nitrogens is 1. The molecule has 0 fully saturated rings. The first-order chi connectivity index (χ1) is 8.61. The van der Waals surface area contributed by atoms with E-state index in [1.165, 1.54) is 11.3 Å². The van der Waals surface area contributed by atoms with E-state index >= 15 is 0 Å². The molecule has 1 aliphatic rings. The maximum absolute atomic E-state index is 12.3. The zero-order valence-corrected chi connectivity index (χ0v) is 10.7. The van der Waals surface area contributed by atoms with E-state index in [9.17, 15) is 9.59 Å². The van der Waals surface area contributed by atoms with Crippen LogP contribution in [0.25, 0.3) is 0 Å². The molecule has 3 rings (SSSR count). The van der Waals surface area contributed by atoms with Crippen LogP contribution in [0.4, 0.5) is 5.82 Å². The topological polar surface area (TPSA) is 50.3 Å². The van der Waals surface area contributed by atoms with Crippen molar-refractivity contribution in [1.82, 2.24) is 4.98 Å². The fourth-order valence-electron chi connectivity index (χ4n) is 2.20. The van der Waals surface area contributed by atoms with Gasteiger partial charge in [-0.05, 0) is 25.0 Å². The number of carbonyl (C=O) groups is 2. The highest BCUT2D eigenvalue weighted by Gasteiger charge is 2.39. The Morgan fingerprint density at radius 3 is 2.06 bits per heavy atom. The Balaban J connectivity index is 2.23. The lowest BCUT2D eigenvalue weighted by molar-refractivity contribution is 0.0925. The summed E-state index contributed by atoms with van der Waals surface area (Å²) in [4.78, 5) is 29.9. The zero-order valence-electron chi connectivity index (χ0n) is 9.93. The zero-order chi connectivity index (χ0) is 12.9. The van der Waals surface area contributed by atoms with Gasteiger partial charge in [-0.2, -0.15) is 0 Å². The third-order valence-corrected chi connectivity index (χ3v) is 3.68. The molecule has 2 amide bonds. The Hall–Kier alpha value is -2.01. The van der Waals surface area contributed by atoms with E-state index < -0.39 is 0 Å². The van der Waals surface area contributed by atoms with Gasteiger partial charge in [-0.1, -0.05) is 12.1 Å². The Morgan fingerprint density at radius 2 is 1.61 bits per heavy atom. The van der Waals surface area contributed by atoms with Crippen molar-refractivity contribution in [2.75, 3.05) is 4.90 Å². The van der Waals surface area contributed by atoms with Crippen LogP contribution in [0.2, 0.25) is 0 Å². The van der Waals surface area contributed by atoms with Gasteiger partial charge in [0, 0.05) is 5.38 Å². The molecular weight excluding hydrogens is 248 g/mol. The monoisotopic (exact) mass is 258 g/mol. The van der Waals surface area contributed by atoms with Crippen molar-refractivity contribution in [3.8, 4) is 0 Å². The van der Waals surface area contributed by atoms with Crippen molar-refractivity contribution >= 4 is 29.0 Å². The van der Waals surface area contributed by atoms with Crippen LogP contribution in [0.1, 0.15) is 31.8 Å². The second-order valence-electron chi connectivity index (χ2n) is 4.24. The van der Waals surface area contributed by atoms with Gasteiger partial charge in [0.15, 0.2) is 5.82 Å². The van der Waals surface area contributed by atoms with E-state index in [1.54, 1.807) is 10.9 Å². The number of rotatable bonds is 1. The summed E-state index contributed by atoms with van der Waals surface area (Å²) in [5.41, 5.74) is 4.28. The first-order valence-electron chi connectivity index (χ1n) is 5.48. The summed E-state index contributed by atoms with van der Waals surface area (Å²) in [7, 11) is 0. The van der Waals surface area contributed by atoms with Gasteiger partial charge in [0.05, 0.1) is 16.6 Å². The maximum atomic E-state index is 12.3. The molecule has 0 unspecified atom stereocenters. The summed E-state index contributed by atoms with van der Waals surface area (Å²) in [6, 6.07) is 3.73. The van der Waals surface area contributed by atoms with Gasteiger partial charge in [0.1, 0.15) is 0 Å². The van der Waals surface area contributed by atoms with E-state index in [2.05, 4.69) is 4.98 Å². The number of imide groups is 1. The van der Waals surface area contributed by atoms with Crippen LogP contribution >= 0.6 is 11.3 Å². The molecule has 0 aliphatic carbocycles. The molecule has 1 aromatic carbocycles. The van der Waals surface area contributed by atoms with Gasteiger partial charge in [-0.3, -0.25) is 9.59 Å². The second-order valence-corrected chi connectivity index (χ2v) is 4.96. The van der Waals surface area contributed by atoms with Gasteiger partial charge in [-0.25, -0.2) is 9.88 Å². The summed E-state index contributed by atoms with van der Waals surface area (Å²) in [5, 5.41) is 1.70. The standard InChI is InChI=1S/C13H10N2O2S/c1-7-3-4-8(2)11-10(7)12(16)15(13(11)17)9-5-18-6-14-9/h3-6H,1-2H3. The van der Waals surface area contributed by atoms with Gasteiger partial charge in [-0.15, -0.1) is 11.3 Å². The van der Waals surface area contributed by atoms with Crippen molar-refractivity contribution in [1.29, 1.82) is 0 Å². The highest BCUT2D eigenvalue weighted by Crippen LogP contribution is 2.31. The van der Waals surface area contributed by atoms with Gasteiger partial charge in [0.2, 0.25) is 0 Å². The first-order valence-corrected chi connectivity index (χ1v) is 6.42. The van der Waals surface area contributed by atoms with Crippen molar-refractivity contribution in [3.05, 3.63) is 45.3 Å². The minimum atomic E-state index is -0.276. The SMILES string of the molecule is Cc1ccc(C)c2c1C(=O)N(c1cscn1)C2=O. The molecule has 0 N–H and O–H groups in total. The summed E-state index contributed by atoms with van der Waals surface area (Å²) < 4.78 is 0. The number of benzene rings is 1. The highest BCUT2D eigenvalue weighted by atomic mass is 32.1. The average molecular weight is 258 g/mol. The summed E-state index contributed by atoms with van der Waals surface area (Å²) in [5.74, 6) is -0.144. The molecule has 2 aromatic rings. The fourth-order valence-corrected chi connectivity index (χ4v) is 2.72. The molecule has 0 atom stereocenters. The van der Waals surface area contributed by atoms with Crippen molar-refractivity contribution in [2.24, 2.45) is 0 Å². The number of anilines is 1. The number of aryl methyl sites for hydroxylation is 2. The first kappa shape index (κ1) is 11.1. The molecule has 90 valence electrons. The molecule has 0 saturated heterocycles. The Morgan fingerprint density at radius 1 is 1.06 bits per heavy atom. The van der Waals surface area contributed by atoms with Crippen molar-refractivity contribution in [3.63, 3.8) is 0 Å². The smallest absolute Gasteiger partial charge is 0.267 e. The molecule has 0 spiro atoms. The average Bonchev–Trinajstić information content (AvgIpc) is 2.92. The van der Waals surface area contributed by atoms with Crippen LogP contribution < -0.4 is 4.90 Å². The number of carbonyl (C=O) groups excluding carboxylic acids is 2. The molecule has 1 aromatic heterocycles. The van der Waals surface area contributed by atoms with Gasteiger partial charge in [0.25, 0.3) is 11.8 Å². The predicted octanol–water partition coefficient (Wildman–Crippen LogP) is 2.56. The molecule has 0 bridgehead atoms. The van der Waals surface area contributed by atoms with E-state index in [1.807, 2.05) is 26.0 Å². The van der Waals surface area contributed by atoms with E-state index in [-0.39, 0.29) is 11.8 Å². The Labute approximate surface area is 108 Å². The van der Waals surface area contributed by atoms with Crippen LogP contribution in [0.3, 0.4) is 0 Å². The minimum Gasteiger partial charge on any atom is -0.268 e. The molecular formula is C13H10N2O2S. The lowest BCUT2D eigenvalue weighted by Crippen LogP contribution is -2.29. The van der Waals surface area contributed by atoms with Crippen LogP contribution in [0.15, 0.2) is 23.0 Å². The molecule has 0 radical (unpaired) electrons. The van der Waals surface area contributed by atoms with Crippen LogP contribution in [0.5, 0.6) is 0 Å². The molecule has 0 saturated carbocycles.